The first-order valence-corrected chi connectivity index (χ1v) is 17.5. The van der Waals surface area contributed by atoms with E-state index in [2.05, 4.69) is 44.6 Å². The Labute approximate surface area is 301 Å². The molecule has 0 amide bonds. The summed E-state index contributed by atoms with van der Waals surface area (Å²) in [7, 11) is 0. The monoisotopic (exact) mass is 835 g/mol. The molecule has 0 unspecified atom stereocenters. The van der Waals surface area contributed by atoms with E-state index >= 15 is 0 Å². The molecule has 7 nitrogen and oxygen atoms in total. The first kappa shape index (κ1) is 32.9. The Morgan fingerprint density at radius 1 is 1.11 bits per heavy atom. The number of benzene rings is 4. The number of rotatable bonds is 8. The normalized spacial score (nSPS) is 14.3. The third kappa shape index (κ3) is 6.99. The summed E-state index contributed by atoms with van der Waals surface area (Å²) in [5.41, 5.74) is 3.98. The smallest absolute Gasteiger partial charge is 0.338 e. The molecule has 4 aromatic carbocycles. The van der Waals surface area contributed by atoms with Crippen molar-refractivity contribution < 1.29 is 14.3 Å². The van der Waals surface area contributed by atoms with E-state index in [0.717, 1.165) is 19.2 Å². The molecule has 1 aliphatic rings. The van der Waals surface area contributed by atoms with Crippen molar-refractivity contribution in [2.24, 2.45) is 4.99 Å². The Hall–Kier alpha value is -4.02. The molecule has 47 heavy (non-hydrogen) atoms. The highest BCUT2D eigenvalue weighted by Gasteiger charge is 2.35. The van der Waals surface area contributed by atoms with E-state index in [1.165, 1.54) is 11.3 Å². The van der Waals surface area contributed by atoms with Gasteiger partial charge in [-0.3, -0.25) is 9.36 Å². The molecule has 2 heterocycles. The number of hydrogen-bond acceptors (Lipinski definition) is 7. The number of hydrogen-bond donors (Lipinski definition) is 0. The van der Waals surface area contributed by atoms with Gasteiger partial charge in [0.05, 0.1) is 43.7 Å². The summed E-state index contributed by atoms with van der Waals surface area (Å²) < 4.78 is 15.5. The minimum Gasteiger partial charge on any atom is -0.487 e. The number of fused-ring (bicyclic) bond motifs is 1. The van der Waals surface area contributed by atoms with E-state index in [0.29, 0.717) is 42.5 Å². The van der Waals surface area contributed by atoms with Crippen LogP contribution in [0.15, 0.2) is 111 Å². The maximum absolute atomic E-state index is 14.4. The molecule has 11 heteroatoms. The van der Waals surface area contributed by atoms with Crippen molar-refractivity contribution in [1.29, 1.82) is 5.26 Å². The molecule has 5 aromatic rings. The molecule has 0 saturated heterocycles. The van der Waals surface area contributed by atoms with Crippen LogP contribution in [0.5, 0.6) is 5.75 Å². The summed E-state index contributed by atoms with van der Waals surface area (Å²) in [5.74, 6) is 0.0554. The van der Waals surface area contributed by atoms with Crippen molar-refractivity contribution in [3.8, 4) is 11.8 Å². The zero-order valence-electron chi connectivity index (χ0n) is 24.7. The topological polar surface area (TPSA) is 93.7 Å². The summed E-state index contributed by atoms with van der Waals surface area (Å²) in [6, 6.07) is 28.8. The number of carbonyl (C=O) groups is 1. The molecule has 0 fully saturated rings. The maximum Gasteiger partial charge on any atom is 0.338 e. The van der Waals surface area contributed by atoms with E-state index in [4.69, 9.17) is 31.3 Å². The lowest BCUT2D eigenvalue weighted by atomic mass is 9.93. The number of thiazole rings is 1. The Balaban J connectivity index is 1.54. The first-order valence-electron chi connectivity index (χ1n) is 14.4. The van der Waals surface area contributed by atoms with Gasteiger partial charge in [-0.1, -0.05) is 93.5 Å². The van der Waals surface area contributed by atoms with Gasteiger partial charge in [-0.25, -0.2) is 9.79 Å². The van der Waals surface area contributed by atoms with Crippen LogP contribution in [0.2, 0.25) is 5.02 Å². The molecule has 0 spiro atoms. The molecular formula is C36H24BrClIN3O4S. The molecule has 0 bridgehead atoms. The summed E-state index contributed by atoms with van der Waals surface area (Å²) in [5, 5.41) is 9.67. The van der Waals surface area contributed by atoms with Crippen molar-refractivity contribution >= 4 is 79.2 Å². The second-order valence-electron chi connectivity index (χ2n) is 10.4. The number of nitrogens with zero attached hydrogens (tertiary/aromatic N) is 3. The van der Waals surface area contributed by atoms with Gasteiger partial charge in [-0.2, -0.15) is 5.26 Å². The number of ether oxygens (including phenoxy) is 2. The van der Waals surface area contributed by atoms with Crippen LogP contribution in [-0.2, 0) is 16.1 Å². The molecule has 0 N–H and O–H groups in total. The van der Waals surface area contributed by atoms with Gasteiger partial charge in [0, 0.05) is 20.6 Å². The number of esters is 1. The summed E-state index contributed by atoms with van der Waals surface area (Å²) in [4.78, 5) is 33.4. The number of nitriles is 1. The zero-order chi connectivity index (χ0) is 33.1. The fourth-order valence-electron chi connectivity index (χ4n) is 5.21. The van der Waals surface area contributed by atoms with Crippen LogP contribution in [0.3, 0.4) is 0 Å². The van der Waals surface area contributed by atoms with Crippen LogP contribution >= 0.6 is 61.5 Å². The van der Waals surface area contributed by atoms with Crippen molar-refractivity contribution in [2.75, 3.05) is 6.61 Å². The lowest BCUT2D eigenvalue weighted by molar-refractivity contribution is -0.138. The van der Waals surface area contributed by atoms with Gasteiger partial charge in [0.15, 0.2) is 4.80 Å². The van der Waals surface area contributed by atoms with Gasteiger partial charge >= 0.3 is 5.97 Å². The fraction of sp³-hybridized carbons (Fsp3) is 0.111. The molecule has 0 radical (unpaired) electrons. The quantitative estimate of drug-likeness (QED) is 0.120. The SMILES string of the molecule is CCOC(=O)C1=C(c2ccccc2)N=c2s/c(=C\c3cc(Br)cc(I)c3OCc3ccc(C#N)cc3)c(=O)n2[C@@H]1c1ccc(Cl)cc1. The van der Waals surface area contributed by atoms with Crippen LogP contribution in [0.4, 0.5) is 0 Å². The van der Waals surface area contributed by atoms with E-state index in [-0.39, 0.29) is 24.3 Å². The Bertz CT molecular complexity index is 2240. The molecule has 0 aliphatic carbocycles. The predicted octanol–water partition coefficient (Wildman–Crippen LogP) is 7.41. The maximum atomic E-state index is 14.4. The summed E-state index contributed by atoms with van der Waals surface area (Å²) in [6.07, 6.45) is 1.79. The Morgan fingerprint density at radius 3 is 2.51 bits per heavy atom. The van der Waals surface area contributed by atoms with Crippen LogP contribution in [0.1, 0.15) is 40.8 Å². The third-order valence-electron chi connectivity index (χ3n) is 7.35. The molecule has 1 aliphatic heterocycles. The average molecular weight is 837 g/mol. The van der Waals surface area contributed by atoms with E-state index in [1.807, 2.05) is 66.7 Å². The first-order chi connectivity index (χ1) is 22.8. The van der Waals surface area contributed by atoms with Gasteiger partial charge in [-0.15, -0.1) is 0 Å². The lowest BCUT2D eigenvalue weighted by Crippen LogP contribution is -2.40. The molecule has 234 valence electrons. The molecule has 0 saturated carbocycles. The predicted molar refractivity (Wildman–Crippen MR) is 195 cm³/mol. The van der Waals surface area contributed by atoms with Gasteiger partial charge in [0.1, 0.15) is 12.4 Å². The zero-order valence-corrected chi connectivity index (χ0v) is 30.1. The van der Waals surface area contributed by atoms with Gasteiger partial charge < -0.3 is 9.47 Å². The van der Waals surface area contributed by atoms with Crippen LogP contribution in [-0.4, -0.2) is 17.1 Å². The number of halogens is 3. The highest BCUT2D eigenvalue weighted by molar-refractivity contribution is 14.1. The largest absolute Gasteiger partial charge is 0.487 e. The highest BCUT2D eigenvalue weighted by Crippen LogP contribution is 2.36. The van der Waals surface area contributed by atoms with Gasteiger partial charge in [0.25, 0.3) is 5.56 Å². The van der Waals surface area contributed by atoms with Gasteiger partial charge in [-0.05, 0) is 83.1 Å². The number of aromatic nitrogens is 1. The van der Waals surface area contributed by atoms with Crippen LogP contribution < -0.4 is 19.6 Å². The third-order valence-corrected chi connectivity index (χ3v) is 9.84. The van der Waals surface area contributed by atoms with Crippen molar-refractivity contribution in [3.63, 3.8) is 0 Å². The minimum absolute atomic E-state index is 0.162. The summed E-state index contributed by atoms with van der Waals surface area (Å²) >= 11 is 13.3. The average Bonchev–Trinajstić information content (AvgIpc) is 3.38. The lowest BCUT2D eigenvalue weighted by Gasteiger charge is -2.26. The minimum atomic E-state index is -0.810. The molecule has 6 rings (SSSR count). The standard InChI is InChI=1S/C36H24BrClIN3O4S/c1-2-45-35(44)30-31(23-6-4-3-5-7-23)41-36-42(32(30)24-12-14-27(38)15-13-24)34(43)29(47-36)17-25-16-26(37)18-28(39)33(25)46-20-22-10-8-21(19-40)9-11-22/h3-18,32H,2,20H2,1H3/b29-17-/t32-/m1/s1. The van der Waals surface area contributed by atoms with Crippen molar-refractivity contribution in [1.82, 2.24) is 4.57 Å². The number of carbonyl (C=O) groups excluding carboxylic acids is 1. The molecule has 1 aromatic heterocycles. The van der Waals surface area contributed by atoms with E-state index in [9.17, 15) is 9.59 Å². The van der Waals surface area contributed by atoms with E-state index < -0.39 is 12.0 Å². The second-order valence-corrected chi connectivity index (χ2v) is 13.9. The highest BCUT2D eigenvalue weighted by atomic mass is 127. The van der Waals surface area contributed by atoms with Crippen molar-refractivity contribution in [2.45, 2.75) is 19.6 Å². The summed E-state index contributed by atoms with van der Waals surface area (Å²) in [6.45, 7) is 2.17. The Morgan fingerprint density at radius 2 is 1.83 bits per heavy atom. The second kappa shape index (κ2) is 14.4. The van der Waals surface area contributed by atoms with Gasteiger partial charge in [0.2, 0.25) is 0 Å². The Kier molecular flexibility index (Phi) is 10.1. The van der Waals surface area contributed by atoms with Crippen LogP contribution in [0.25, 0.3) is 11.8 Å². The molecule has 1 atom stereocenters. The molecular weight excluding hydrogens is 813 g/mol. The van der Waals surface area contributed by atoms with Crippen molar-refractivity contribution in [3.05, 3.63) is 157 Å². The fourth-order valence-corrected chi connectivity index (χ4v) is 8.04. The van der Waals surface area contributed by atoms with Crippen LogP contribution in [0, 0.1) is 14.9 Å². The van der Waals surface area contributed by atoms with E-state index in [1.54, 1.807) is 41.8 Å².